The van der Waals surface area contributed by atoms with Gasteiger partial charge in [0.15, 0.2) is 0 Å². The molecule has 1 heterocycles. The number of hydrogen-bond donors (Lipinski definition) is 0. The molecule has 6 nitrogen and oxygen atoms in total. The predicted octanol–water partition coefficient (Wildman–Crippen LogP) is 1.54. The van der Waals surface area contributed by atoms with Crippen molar-refractivity contribution in [3.63, 3.8) is 0 Å². The summed E-state index contributed by atoms with van der Waals surface area (Å²) in [6.45, 7) is 11.1. The number of aromatic nitrogens is 2. The highest BCUT2D eigenvalue weighted by Crippen LogP contribution is 2.25. The lowest BCUT2D eigenvalue weighted by Gasteiger charge is -2.35. The van der Waals surface area contributed by atoms with E-state index in [2.05, 4.69) is 9.97 Å². The predicted molar refractivity (Wildman–Crippen MR) is 79.4 cm³/mol. The lowest BCUT2D eigenvalue weighted by atomic mass is 10.1. The first-order chi connectivity index (χ1) is 9.72. The summed E-state index contributed by atoms with van der Waals surface area (Å²) >= 11 is 0. The fourth-order valence-electron chi connectivity index (χ4n) is 1.56. The first-order valence-corrected chi connectivity index (χ1v) is 7.02. The van der Waals surface area contributed by atoms with E-state index >= 15 is 0 Å². The Morgan fingerprint density at radius 2 is 1.38 bits per heavy atom. The lowest BCUT2D eigenvalue weighted by molar-refractivity contribution is -0.493. The van der Waals surface area contributed by atoms with Gasteiger partial charge in [0, 0.05) is 6.20 Å². The second-order valence-electron chi connectivity index (χ2n) is 5.38. The molecule has 1 aromatic heterocycles. The second kappa shape index (κ2) is 7.73. The van der Waals surface area contributed by atoms with E-state index in [-0.39, 0.29) is 29.8 Å². The summed E-state index contributed by atoms with van der Waals surface area (Å²) in [4.78, 5) is 7.96. The van der Waals surface area contributed by atoms with E-state index in [1.54, 1.807) is 0 Å². The van der Waals surface area contributed by atoms with Crippen LogP contribution in [0.5, 0.6) is 5.88 Å². The summed E-state index contributed by atoms with van der Waals surface area (Å²) in [6.07, 6.45) is 0.593. The van der Waals surface area contributed by atoms with Crippen molar-refractivity contribution < 1.29 is 18.9 Å². The molecule has 21 heavy (non-hydrogen) atoms. The molecular formula is C14H23BN2O4-. The molecule has 1 aromatic rings. The monoisotopic (exact) mass is 294 g/mol. The smallest absolute Gasteiger partial charge is 0.462 e. The van der Waals surface area contributed by atoms with Crippen molar-refractivity contribution in [3.8, 4) is 5.88 Å². The molecule has 0 aliphatic carbocycles. The third kappa shape index (κ3) is 6.41. The van der Waals surface area contributed by atoms with E-state index in [0.29, 0.717) is 0 Å². The molecule has 3 radical (unpaired) electrons. The molecular weight excluding hydrogens is 271 g/mol. The van der Waals surface area contributed by atoms with Gasteiger partial charge in [-0.25, -0.2) is 5.59 Å². The maximum Gasteiger partial charge on any atom is 0.462 e. The van der Waals surface area contributed by atoms with Crippen LogP contribution in [0.4, 0.5) is 0 Å². The Morgan fingerprint density at radius 3 is 1.76 bits per heavy atom. The molecule has 0 N–H and O–H groups in total. The molecule has 0 aliphatic rings. The van der Waals surface area contributed by atoms with Crippen LogP contribution in [0.2, 0.25) is 0 Å². The molecule has 117 valence electrons. The average Bonchev–Trinajstić information content (AvgIpc) is 2.24. The maximum absolute atomic E-state index is 5.73. The summed E-state index contributed by atoms with van der Waals surface area (Å²) < 4.78 is 22.9. The van der Waals surface area contributed by atoms with Gasteiger partial charge in [-0.05, 0) is 41.5 Å². The zero-order valence-electron chi connectivity index (χ0n) is 13.5. The minimum Gasteiger partial charge on any atom is -0.551 e. The third-order valence-corrected chi connectivity index (χ3v) is 2.00. The number of nitrogens with zero attached hydrogens (tertiary/aromatic N) is 2. The molecule has 7 heteroatoms. The Labute approximate surface area is 127 Å². The van der Waals surface area contributed by atoms with Gasteiger partial charge in [-0.2, -0.15) is 0 Å². The van der Waals surface area contributed by atoms with E-state index in [4.69, 9.17) is 26.8 Å². The molecule has 0 unspecified atom stereocenters. The molecule has 0 spiro atoms. The normalized spacial score (nSPS) is 12.5. The van der Waals surface area contributed by atoms with Crippen molar-refractivity contribution in [2.75, 3.05) is 0 Å². The van der Waals surface area contributed by atoms with Crippen molar-refractivity contribution in [1.29, 1.82) is 0 Å². The number of ether oxygens (including phenoxy) is 4. The van der Waals surface area contributed by atoms with E-state index in [0.717, 1.165) is 0 Å². The quantitative estimate of drug-likeness (QED) is 0.535. The Balaban J connectivity index is 3.06. The third-order valence-electron chi connectivity index (χ3n) is 2.00. The Kier molecular flexibility index (Phi) is 6.58. The van der Waals surface area contributed by atoms with E-state index in [1.807, 2.05) is 41.5 Å². The largest absolute Gasteiger partial charge is 0.551 e. The van der Waals surface area contributed by atoms with E-state index in [9.17, 15) is 0 Å². The van der Waals surface area contributed by atoms with E-state index < -0.39 is 6.16 Å². The highest BCUT2D eigenvalue weighted by atomic mass is 17.0. The van der Waals surface area contributed by atoms with Gasteiger partial charge < -0.3 is 12.6 Å². The van der Waals surface area contributed by atoms with Gasteiger partial charge in [-0.1, -0.05) is 0 Å². The molecule has 0 atom stereocenters. The van der Waals surface area contributed by atoms with Crippen LogP contribution in [0.25, 0.3) is 0 Å². The van der Waals surface area contributed by atoms with Crippen molar-refractivity contribution in [3.05, 3.63) is 12.4 Å². The van der Waals surface area contributed by atoms with Crippen molar-refractivity contribution in [1.82, 2.24) is 9.97 Å². The summed E-state index contributed by atoms with van der Waals surface area (Å²) in [5, 5.41) is 0. The summed E-state index contributed by atoms with van der Waals surface area (Å²) in [6, 6.07) is 0. The molecule has 1 rings (SSSR count). The van der Waals surface area contributed by atoms with Crippen molar-refractivity contribution in [2.45, 2.75) is 66.0 Å². The van der Waals surface area contributed by atoms with Crippen LogP contribution >= 0.6 is 0 Å². The van der Waals surface area contributed by atoms with Gasteiger partial charge in [-0.15, -0.1) is 0 Å². The maximum atomic E-state index is 5.73. The van der Waals surface area contributed by atoms with Gasteiger partial charge in [0.25, 0.3) is 0 Å². The minimum absolute atomic E-state index is 0.164. The van der Waals surface area contributed by atoms with Crippen molar-refractivity contribution >= 4 is 13.4 Å². The fraction of sp³-hybridized carbons (Fsp3) is 0.714. The van der Waals surface area contributed by atoms with Crippen molar-refractivity contribution in [2.24, 2.45) is 0 Å². The minimum atomic E-state index is -1.70. The van der Waals surface area contributed by atoms with Crippen LogP contribution in [0, 0.1) is 0 Å². The Bertz CT molecular complexity index is 414. The van der Waals surface area contributed by atoms with Crippen LogP contribution < -0.4 is 10.3 Å². The molecule has 0 aromatic carbocycles. The molecule has 0 saturated heterocycles. The van der Waals surface area contributed by atoms with Crippen LogP contribution in [0.1, 0.15) is 41.5 Å². The van der Waals surface area contributed by atoms with Gasteiger partial charge in [0.2, 0.25) is 5.88 Å². The standard InChI is InChI=1S/C14H23BN2O4/c1-9(2)18-14(19-10(3)4,20-11(5)6)21-13-8-16-7-12(15)17-13/h7-11H,1-6H3/q-1. The van der Waals surface area contributed by atoms with Gasteiger partial charge >= 0.3 is 6.16 Å². The second-order valence-corrected chi connectivity index (χ2v) is 5.38. The van der Waals surface area contributed by atoms with Gasteiger partial charge in [-0.3, -0.25) is 24.2 Å². The topological polar surface area (TPSA) is 62.7 Å². The van der Waals surface area contributed by atoms with Gasteiger partial charge in [0.1, 0.15) is 0 Å². The van der Waals surface area contributed by atoms with Crippen LogP contribution in [0.15, 0.2) is 12.4 Å². The first kappa shape index (κ1) is 17.9. The first-order valence-electron chi connectivity index (χ1n) is 7.02. The van der Waals surface area contributed by atoms with Crippen LogP contribution in [-0.2, 0) is 14.2 Å². The zero-order chi connectivity index (χ0) is 16.0. The molecule has 0 aliphatic heterocycles. The Morgan fingerprint density at radius 1 is 0.905 bits per heavy atom. The summed E-state index contributed by atoms with van der Waals surface area (Å²) in [5.74, 6) is 0.164. The van der Waals surface area contributed by atoms with Crippen LogP contribution in [0.3, 0.4) is 0 Å². The number of rotatable bonds is 8. The van der Waals surface area contributed by atoms with E-state index in [1.165, 1.54) is 12.4 Å². The zero-order valence-corrected chi connectivity index (χ0v) is 13.5. The highest BCUT2D eigenvalue weighted by molar-refractivity contribution is 6.30. The molecule has 0 saturated carbocycles. The molecule has 0 fully saturated rings. The van der Waals surface area contributed by atoms with Gasteiger partial charge in [0.05, 0.1) is 24.5 Å². The SMILES string of the molecule is [B-]c1cncc(OC(OC(C)C)(OC(C)C)OC(C)C)n1. The van der Waals surface area contributed by atoms with Crippen LogP contribution in [-0.4, -0.2) is 42.3 Å². The summed E-state index contributed by atoms with van der Waals surface area (Å²) in [7, 11) is 5.61. The average molecular weight is 294 g/mol. The summed E-state index contributed by atoms with van der Waals surface area (Å²) in [5.41, 5.74) is 0.236. The highest BCUT2D eigenvalue weighted by Gasteiger charge is 2.41. The Hall–Kier alpha value is -1.18. The molecule has 0 bridgehead atoms. The molecule has 0 amide bonds. The fourth-order valence-corrected chi connectivity index (χ4v) is 1.56. The lowest BCUT2D eigenvalue weighted by Crippen LogP contribution is -2.50. The number of hydrogen-bond acceptors (Lipinski definition) is 6.